The minimum atomic E-state index is -0.906. The van der Waals surface area contributed by atoms with Crippen molar-refractivity contribution in [3.05, 3.63) is 130 Å². The Labute approximate surface area is 207 Å². The first-order valence-corrected chi connectivity index (χ1v) is 11.5. The number of nitrogens with one attached hydrogen (secondary N) is 3. The van der Waals surface area contributed by atoms with Gasteiger partial charge >= 0.3 is 0 Å². The Hall–Kier alpha value is -4.91. The zero-order chi connectivity index (χ0) is 25.1. The number of hydrogen-bond acceptors (Lipinski definition) is 3. The number of hydrogen-bond donors (Lipinski definition) is 3. The first kappa shape index (κ1) is 22.9. The fourth-order valence-corrected chi connectivity index (χ4v) is 4.13. The SMILES string of the molecule is Cc1c[nH]c2cc(C(=O)NC(C(=O)Nc3ccc(-n4ccccc4=O)cc3)c3ccccc3)ccc12. The van der Waals surface area contributed by atoms with Crippen molar-refractivity contribution in [1.82, 2.24) is 14.9 Å². The molecule has 3 aromatic carbocycles. The summed E-state index contributed by atoms with van der Waals surface area (Å²) in [6, 6.07) is 25.5. The lowest BCUT2D eigenvalue weighted by Crippen LogP contribution is -2.37. The third kappa shape index (κ3) is 4.67. The molecule has 0 aliphatic rings. The predicted octanol–water partition coefficient (Wildman–Crippen LogP) is 4.74. The molecule has 0 spiro atoms. The van der Waals surface area contributed by atoms with Crippen LogP contribution in [0.25, 0.3) is 16.6 Å². The molecule has 7 heteroatoms. The Bertz CT molecular complexity index is 1600. The molecule has 0 aliphatic heterocycles. The molecule has 0 saturated heterocycles. The average molecular weight is 477 g/mol. The molecule has 1 unspecified atom stereocenters. The van der Waals surface area contributed by atoms with E-state index in [1.165, 1.54) is 10.6 Å². The van der Waals surface area contributed by atoms with Crippen LogP contribution in [0.4, 0.5) is 5.69 Å². The summed E-state index contributed by atoms with van der Waals surface area (Å²) in [5.74, 6) is -0.733. The van der Waals surface area contributed by atoms with Gasteiger partial charge in [0, 0.05) is 46.3 Å². The fraction of sp³-hybridized carbons (Fsp3) is 0.0690. The highest BCUT2D eigenvalue weighted by atomic mass is 16.2. The van der Waals surface area contributed by atoms with Gasteiger partial charge < -0.3 is 15.6 Å². The first-order valence-electron chi connectivity index (χ1n) is 11.5. The smallest absolute Gasteiger partial charge is 0.255 e. The highest BCUT2D eigenvalue weighted by molar-refractivity contribution is 6.03. The van der Waals surface area contributed by atoms with Crippen molar-refractivity contribution in [2.75, 3.05) is 5.32 Å². The Balaban J connectivity index is 1.37. The molecular weight excluding hydrogens is 452 g/mol. The largest absolute Gasteiger partial charge is 0.361 e. The summed E-state index contributed by atoms with van der Waals surface area (Å²) >= 11 is 0. The van der Waals surface area contributed by atoms with Crippen molar-refractivity contribution < 1.29 is 9.59 Å². The molecule has 36 heavy (non-hydrogen) atoms. The number of aromatic nitrogens is 2. The van der Waals surface area contributed by atoms with E-state index >= 15 is 0 Å². The molecule has 3 N–H and O–H groups in total. The van der Waals surface area contributed by atoms with E-state index in [1.54, 1.807) is 66.9 Å². The molecule has 5 rings (SSSR count). The molecule has 2 aromatic heterocycles. The molecule has 0 bridgehead atoms. The molecule has 5 aromatic rings. The average Bonchev–Trinajstić information content (AvgIpc) is 3.28. The van der Waals surface area contributed by atoms with Crippen molar-refractivity contribution in [1.29, 1.82) is 0 Å². The van der Waals surface area contributed by atoms with Gasteiger partial charge in [-0.05, 0) is 60.5 Å². The molecule has 7 nitrogen and oxygen atoms in total. The summed E-state index contributed by atoms with van der Waals surface area (Å²) in [5, 5.41) is 6.80. The number of aromatic amines is 1. The summed E-state index contributed by atoms with van der Waals surface area (Å²) in [6.07, 6.45) is 3.58. The van der Waals surface area contributed by atoms with Crippen LogP contribution in [0.15, 0.2) is 108 Å². The van der Waals surface area contributed by atoms with Gasteiger partial charge in [-0.1, -0.05) is 42.5 Å². The van der Waals surface area contributed by atoms with Crippen LogP contribution in [-0.2, 0) is 4.79 Å². The Kier molecular flexibility index (Phi) is 6.19. The number of benzene rings is 3. The lowest BCUT2D eigenvalue weighted by Gasteiger charge is -2.19. The summed E-state index contributed by atoms with van der Waals surface area (Å²) in [4.78, 5) is 41.7. The van der Waals surface area contributed by atoms with Gasteiger partial charge in [0.05, 0.1) is 0 Å². The molecule has 178 valence electrons. The highest BCUT2D eigenvalue weighted by Gasteiger charge is 2.24. The van der Waals surface area contributed by atoms with E-state index in [-0.39, 0.29) is 17.4 Å². The first-order chi connectivity index (χ1) is 17.5. The monoisotopic (exact) mass is 476 g/mol. The maximum absolute atomic E-state index is 13.3. The van der Waals surface area contributed by atoms with Crippen LogP contribution < -0.4 is 16.2 Å². The summed E-state index contributed by atoms with van der Waals surface area (Å²) in [6.45, 7) is 2.00. The number of pyridine rings is 1. The second-order valence-corrected chi connectivity index (χ2v) is 8.49. The standard InChI is InChI=1S/C29H24N4O3/c1-19-18-30-25-17-21(10-15-24(19)25)28(35)32-27(20-7-3-2-4-8-20)29(36)31-22-11-13-23(14-12-22)33-16-6-5-9-26(33)34/h2-18,27,30H,1H3,(H,31,36)(H,32,35). The fourth-order valence-electron chi connectivity index (χ4n) is 4.13. The van der Waals surface area contributed by atoms with Gasteiger partial charge in [0.2, 0.25) is 0 Å². The van der Waals surface area contributed by atoms with Crippen LogP contribution in [0, 0.1) is 6.92 Å². The van der Waals surface area contributed by atoms with Gasteiger partial charge in [0.15, 0.2) is 0 Å². The van der Waals surface area contributed by atoms with E-state index in [9.17, 15) is 14.4 Å². The van der Waals surface area contributed by atoms with Crippen molar-refractivity contribution in [3.8, 4) is 5.69 Å². The van der Waals surface area contributed by atoms with Gasteiger partial charge in [-0.25, -0.2) is 0 Å². The topological polar surface area (TPSA) is 96.0 Å². The van der Waals surface area contributed by atoms with Gasteiger partial charge in [0.25, 0.3) is 17.4 Å². The maximum Gasteiger partial charge on any atom is 0.255 e. The zero-order valence-corrected chi connectivity index (χ0v) is 19.6. The number of H-pyrrole nitrogens is 1. The van der Waals surface area contributed by atoms with Crippen LogP contribution >= 0.6 is 0 Å². The van der Waals surface area contributed by atoms with Crippen molar-refractivity contribution >= 4 is 28.4 Å². The Morgan fingerprint density at radius 2 is 1.64 bits per heavy atom. The third-order valence-electron chi connectivity index (χ3n) is 6.06. The van der Waals surface area contributed by atoms with E-state index in [1.807, 2.05) is 37.4 Å². The highest BCUT2D eigenvalue weighted by Crippen LogP contribution is 2.21. The molecule has 0 saturated carbocycles. The second-order valence-electron chi connectivity index (χ2n) is 8.49. The summed E-state index contributed by atoms with van der Waals surface area (Å²) < 4.78 is 1.51. The lowest BCUT2D eigenvalue weighted by molar-refractivity contribution is -0.118. The third-order valence-corrected chi connectivity index (χ3v) is 6.06. The predicted molar refractivity (Wildman–Crippen MR) is 140 cm³/mol. The molecule has 1 atom stereocenters. The van der Waals surface area contributed by atoms with E-state index in [0.29, 0.717) is 22.5 Å². The van der Waals surface area contributed by atoms with Gasteiger partial charge in [-0.2, -0.15) is 0 Å². The van der Waals surface area contributed by atoms with Gasteiger partial charge in [-0.3, -0.25) is 19.0 Å². The van der Waals surface area contributed by atoms with Crippen molar-refractivity contribution in [3.63, 3.8) is 0 Å². The normalized spacial score (nSPS) is 11.7. The van der Waals surface area contributed by atoms with E-state index in [2.05, 4.69) is 15.6 Å². The second kappa shape index (κ2) is 9.76. The zero-order valence-electron chi connectivity index (χ0n) is 19.6. The summed E-state index contributed by atoms with van der Waals surface area (Å²) in [7, 11) is 0. The Morgan fingerprint density at radius 3 is 2.39 bits per heavy atom. The lowest BCUT2D eigenvalue weighted by atomic mass is 10.0. The van der Waals surface area contributed by atoms with E-state index in [4.69, 9.17) is 0 Å². The number of carbonyl (C=O) groups is 2. The number of carbonyl (C=O) groups excluding carboxylic acids is 2. The van der Waals surface area contributed by atoms with Crippen LogP contribution in [0.3, 0.4) is 0 Å². The minimum Gasteiger partial charge on any atom is -0.361 e. The Morgan fingerprint density at radius 1 is 0.889 bits per heavy atom. The van der Waals surface area contributed by atoms with Crippen LogP contribution in [-0.4, -0.2) is 21.4 Å². The number of rotatable bonds is 6. The quantitative estimate of drug-likeness (QED) is 0.330. The summed E-state index contributed by atoms with van der Waals surface area (Å²) in [5.41, 5.74) is 4.16. The molecule has 2 amide bonds. The van der Waals surface area contributed by atoms with Gasteiger partial charge in [-0.15, -0.1) is 0 Å². The van der Waals surface area contributed by atoms with Crippen LogP contribution in [0.2, 0.25) is 0 Å². The molecule has 0 radical (unpaired) electrons. The van der Waals surface area contributed by atoms with Crippen LogP contribution in [0.5, 0.6) is 0 Å². The number of fused-ring (bicyclic) bond motifs is 1. The van der Waals surface area contributed by atoms with Crippen molar-refractivity contribution in [2.45, 2.75) is 13.0 Å². The van der Waals surface area contributed by atoms with Crippen molar-refractivity contribution in [2.24, 2.45) is 0 Å². The van der Waals surface area contributed by atoms with Gasteiger partial charge in [0.1, 0.15) is 6.04 Å². The number of amides is 2. The molecule has 0 aliphatic carbocycles. The molecule has 2 heterocycles. The van der Waals surface area contributed by atoms with E-state index < -0.39 is 6.04 Å². The minimum absolute atomic E-state index is 0.145. The molecular formula is C29H24N4O3. The number of nitrogens with zero attached hydrogens (tertiary/aromatic N) is 1. The number of anilines is 1. The van der Waals surface area contributed by atoms with Crippen LogP contribution in [0.1, 0.15) is 27.5 Å². The maximum atomic E-state index is 13.3. The number of aryl methyl sites for hydroxylation is 1. The molecule has 0 fully saturated rings. The van der Waals surface area contributed by atoms with E-state index in [0.717, 1.165) is 16.5 Å².